The Morgan fingerprint density at radius 1 is 1.25 bits per heavy atom. The lowest BCUT2D eigenvalue weighted by Gasteiger charge is -2.20. The topological polar surface area (TPSA) is 122 Å². The molecule has 0 bridgehead atoms. The van der Waals surface area contributed by atoms with Crippen LogP contribution in [0.15, 0.2) is 0 Å². The maximum Gasteiger partial charge on any atom is 0.314 e. The molecule has 7 nitrogen and oxygen atoms in total. The Morgan fingerprint density at radius 2 is 1.81 bits per heavy atom. The minimum absolute atomic E-state index is 0.0398. The van der Waals surface area contributed by atoms with Crippen molar-refractivity contribution in [1.29, 1.82) is 0 Å². The summed E-state index contributed by atoms with van der Waals surface area (Å²) < 4.78 is 0. The number of primary amides is 1. The fourth-order valence-electron chi connectivity index (χ4n) is 0.734. The van der Waals surface area contributed by atoms with Gasteiger partial charge in [0.05, 0.1) is 11.8 Å². The van der Waals surface area contributed by atoms with Crippen molar-refractivity contribution in [2.75, 3.05) is 13.1 Å². The van der Waals surface area contributed by atoms with Crippen LogP contribution in [-0.2, 0) is 9.59 Å². The fraction of sp³-hybridized carbons (Fsp3) is 0.667. The molecule has 7 heteroatoms. The van der Waals surface area contributed by atoms with Gasteiger partial charge in [-0.05, 0) is 13.8 Å². The van der Waals surface area contributed by atoms with Gasteiger partial charge < -0.3 is 21.5 Å². The van der Waals surface area contributed by atoms with Crippen LogP contribution in [0.1, 0.15) is 20.3 Å². The predicted molar refractivity (Wildman–Crippen MR) is 56.6 cm³/mol. The van der Waals surface area contributed by atoms with Crippen LogP contribution in [0.25, 0.3) is 0 Å². The van der Waals surface area contributed by atoms with Gasteiger partial charge >= 0.3 is 12.0 Å². The van der Waals surface area contributed by atoms with Gasteiger partial charge in [-0.2, -0.15) is 0 Å². The van der Waals surface area contributed by atoms with Crippen molar-refractivity contribution >= 4 is 17.9 Å². The van der Waals surface area contributed by atoms with Crippen LogP contribution in [0, 0.1) is 5.41 Å². The Bertz CT molecular complexity index is 288. The number of carbonyl (C=O) groups excluding carboxylic acids is 2. The highest BCUT2D eigenvalue weighted by Crippen LogP contribution is 2.11. The summed E-state index contributed by atoms with van der Waals surface area (Å²) in [5.41, 5.74) is 4.28. The fourth-order valence-corrected chi connectivity index (χ4v) is 0.734. The van der Waals surface area contributed by atoms with Crippen LogP contribution in [0.2, 0.25) is 0 Å². The highest BCUT2D eigenvalue weighted by Gasteiger charge is 2.25. The van der Waals surface area contributed by atoms with E-state index in [4.69, 9.17) is 10.8 Å². The zero-order valence-corrected chi connectivity index (χ0v) is 9.37. The first-order valence-corrected chi connectivity index (χ1v) is 4.79. The van der Waals surface area contributed by atoms with Gasteiger partial charge in [0.1, 0.15) is 0 Å². The van der Waals surface area contributed by atoms with Crippen LogP contribution in [0.3, 0.4) is 0 Å². The molecule has 0 fully saturated rings. The summed E-state index contributed by atoms with van der Waals surface area (Å²) in [5, 5.41) is 13.1. The summed E-state index contributed by atoms with van der Waals surface area (Å²) in [5.74, 6) is -1.50. The molecule has 0 aliphatic rings. The quantitative estimate of drug-likeness (QED) is 0.481. The normalized spacial score (nSPS) is 10.6. The summed E-state index contributed by atoms with van der Waals surface area (Å²) in [6.45, 7) is 3.35. The first kappa shape index (κ1) is 14.2. The summed E-state index contributed by atoms with van der Waals surface area (Å²) in [7, 11) is 0. The molecule has 0 spiro atoms. The maximum absolute atomic E-state index is 11.1. The smallest absolute Gasteiger partial charge is 0.314 e. The molecule has 3 amide bonds. The second-order valence-corrected chi connectivity index (χ2v) is 4.00. The van der Waals surface area contributed by atoms with Crippen molar-refractivity contribution in [2.24, 2.45) is 11.1 Å². The lowest BCUT2D eigenvalue weighted by atomic mass is 9.93. The summed E-state index contributed by atoms with van der Waals surface area (Å²) in [4.78, 5) is 32.2. The van der Waals surface area contributed by atoms with E-state index in [1.165, 1.54) is 0 Å². The molecule has 0 saturated heterocycles. The third kappa shape index (κ3) is 5.84. The van der Waals surface area contributed by atoms with Crippen molar-refractivity contribution in [3.8, 4) is 0 Å². The van der Waals surface area contributed by atoms with Gasteiger partial charge in [-0.1, -0.05) is 0 Å². The predicted octanol–water partition coefficient (Wildman–Crippen LogP) is -0.728. The first-order chi connectivity index (χ1) is 7.25. The number of carboxylic acids is 1. The van der Waals surface area contributed by atoms with Gasteiger partial charge in [0.25, 0.3) is 0 Å². The van der Waals surface area contributed by atoms with Crippen molar-refractivity contribution in [3.63, 3.8) is 0 Å². The Labute approximate surface area is 93.4 Å². The Kier molecular flexibility index (Phi) is 5.27. The van der Waals surface area contributed by atoms with E-state index in [0.29, 0.717) is 0 Å². The van der Waals surface area contributed by atoms with Gasteiger partial charge in [-0.3, -0.25) is 9.59 Å². The minimum Gasteiger partial charge on any atom is -0.481 e. The number of aliphatic carboxylic acids is 1. The molecule has 16 heavy (non-hydrogen) atoms. The van der Waals surface area contributed by atoms with Crippen LogP contribution in [-0.4, -0.2) is 36.1 Å². The largest absolute Gasteiger partial charge is 0.481 e. The molecule has 0 heterocycles. The number of hydrogen-bond acceptors (Lipinski definition) is 3. The second-order valence-electron chi connectivity index (χ2n) is 4.00. The van der Waals surface area contributed by atoms with E-state index in [2.05, 4.69) is 10.6 Å². The Balaban J connectivity index is 3.82. The van der Waals surface area contributed by atoms with E-state index >= 15 is 0 Å². The van der Waals surface area contributed by atoms with Crippen LogP contribution in [0.4, 0.5) is 4.79 Å². The third-order valence-electron chi connectivity index (χ3n) is 1.98. The Hall–Kier alpha value is -1.79. The number of carboxylic acid groups (broad SMARTS) is 1. The number of rotatable bonds is 6. The van der Waals surface area contributed by atoms with Gasteiger partial charge in [0.15, 0.2) is 0 Å². The standard InChI is InChI=1S/C9H17N3O4/c1-9(2,7(10)15)5-12-8(16)11-4-3-6(13)14/h3-5H2,1-2H3,(H2,10,15)(H,13,14)(H2,11,12,16). The third-order valence-corrected chi connectivity index (χ3v) is 1.98. The summed E-state index contributed by atoms with van der Waals surface area (Å²) in [6.07, 6.45) is -0.146. The molecule has 0 aliphatic carbocycles. The van der Waals surface area contributed by atoms with E-state index in [0.717, 1.165) is 0 Å². The number of nitrogens with one attached hydrogen (secondary N) is 2. The molecule has 0 unspecified atom stereocenters. The molecule has 0 aromatic carbocycles. The number of hydrogen-bond donors (Lipinski definition) is 4. The molecule has 0 aromatic rings. The number of amides is 3. The van der Waals surface area contributed by atoms with E-state index in [-0.39, 0.29) is 19.5 Å². The van der Waals surface area contributed by atoms with E-state index in [9.17, 15) is 14.4 Å². The van der Waals surface area contributed by atoms with E-state index in [1.807, 2.05) is 0 Å². The molecule has 0 aromatic heterocycles. The molecule has 0 aliphatic heterocycles. The average Bonchev–Trinajstić information content (AvgIpc) is 2.14. The van der Waals surface area contributed by atoms with Gasteiger partial charge in [0.2, 0.25) is 5.91 Å². The summed E-state index contributed by atoms with van der Waals surface area (Å²) in [6, 6.07) is -0.518. The van der Waals surface area contributed by atoms with Gasteiger partial charge in [-0.25, -0.2) is 4.79 Å². The van der Waals surface area contributed by atoms with Crippen LogP contribution < -0.4 is 16.4 Å². The molecule has 92 valence electrons. The molecule has 0 rings (SSSR count). The van der Waals surface area contributed by atoms with Gasteiger partial charge in [-0.15, -0.1) is 0 Å². The van der Waals surface area contributed by atoms with Gasteiger partial charge in [0, 0.05) is 13.1 Å². The van der Waals surface area contributed by atoms with Crippen molar-refractivity contribution in [3.05, 3.63) is 0 Å². The SMILES string of the molecule is CC(C)(CNC(=O)NCCC(=O)O)C(N)=O. The van der Waals surface area contributed by atoms with Crippen molar-refractivity contribution in [1.82, 2.24) is 10.6 Å². The van der Waals surface area contributed by atoms with E-state index in [1.54, 1.807) is 13.8 Å². The zero-order valence-electron chi connectivity index (χ0n) is 9.37. The van der Waals surface area contributed by atoms with Crippen molar-refractivity contribution < 1.29 is 19.5 Å². The monoisotopic (exact) mass is 231 g/mol. The highest BCUT2D eigenvalue weighted by atomic mass is 16.4. The number of urea groups is 1. The lowest BCUT2D eigenvalue weighted by Crippen LogP contribution is -2.45. The zero-order chi connectivity index (χ0) is 12.8. The molecule has 5 N–H and O–H groups in total. The van der Waals surface area contributed by atoms with Crippen LogP contribution >= 0.6 is 0 Å². The van der Waals surface area contributed by atoms with E-state index < -0.39 is 23.3 Å². The average molecular weight is 231 g/mol. The first-order valence-electron chi connectivity index (χ1n) is 4.79. The van der Waals surface area contributed by atoms with Crippen molar-refractivity contribution in [2.45, 2.75) is 20.3 Å². The number of carbonyl (C=O) groups is 3. The minimum atomic E-state index is -0.988. The molecule has 0 saturated carbocycles. The molecular weight excluding hydrogens is 214 g/mol. The molecular formula is C9H17N3O4. The lowest BCUT2D eigenvalue weighted by molar-refractivity contribution is -0.136. The maximum atomic E-state index is 11.1. The molecule has 0 atom stereocenters. The summed E-state index contributed by atoms with van der Waals surface area (Å²) >= 11 is 0. The highest BCUT2D eigenvalue weighted by molar-refractivity contribution is 5.81. The second kappa shape index (κ2) is 5.94. The number of nitrogens with two attached hydrogens (primary N) is 1. The van der Waals surface area contributed by atoms with Crippen LogP contribution in [0.5, 0.6) is 0 Å². The Morgan fingerprint density at radius 3 is 2.25 bits per heavy atom. The molecule has 0 radical (unpaired) electrons.